The number of rotatable bonds is 5. The minimum atomic E-state index is 0.794. The Labute approximate surface area is 120 Å². The second-order valence-corrected chi connectivity index (χ2v) is 7.17. The molecule has 19 heavy (non-hydrogen) atoms. The molecule has 0 aromatic heterocycles. The molecule has 0 aromatic rings. The summed E-state index contributed by atoms with van der Waals surface area (Å²) in [4.78, 5) is 2.58. The zero-order valence-corrected chi connectivity index (χ0v) is 13.3. The van der Waals surface area contributed by atoms with Crippen LogP contribution in [0.3, 0.4) is 0 Å². The van der Waals surface area contributed by atoms with E-state index in [4.69, 9.17) is 0 Å². The van der Waals surface area contributed by atoms with Crippen molar-refractivity contribution in [3.63, 3.8) is 0 Å². The van der Waals surface area contributed by atoms with Crippen LogP contribution in [0.15, 0.2) is 0 Å². The molecule has 112 valence electrons. The van der Waals surface area contributed by atoms with Gasteiger partial charge in [-0.2, -0.15) is 0 Å². The highest BCUT2D eigenvalue weighted by atomic mass is 15.1. The molecule has 1 aliphatic heterocycles. The summed E-state index contributed by atoms with van der Waals surface area (Å²) in [5.41, 5.74) is 0. The first-order chi connectivity index (χ1) is 9.18. The third-order valence-electron chi connectivity index (χ3n) is 5.48. The number of hydrogen-bond donors (Lipinski definition) is 1. The summed E-state index contributed by atoms with van der Waals surface area (Å²) in [5, 5.41) is 3.89. The van der Waals surface area contributed by atoms with Crippen LogP contribution >= 0.6 is 0 Å². The maximum absolute atomic E-state index is 3.89. The fourth-order valence-electron chi connectivity index (χ4n) is 4.16. The smallest absolute Gasteiger partial charge is 0.0104 e. The lowest BCUT2D eigenvalue weighted by Crippen LogP contribution is -2.44. The average molecular weight is 266 g/mol. The van der Waals surface area contributed by atoms with E-state index in [1.807, 2.05) is 0 Å². The minimum absolute atomic E-state index is 0.794. The third-order valence-corrected chi connectivity index (χ3v) is 5.48. The van der Waals surface area contributed by atoms with Crippen molar-refractivity contribution in [1.82, 2.24) is 10.2 Å². The van der Waals surface area contributed by atoms with Gasteiger partial charge < -0.3 is 10.2 Å². The topological polar surface area (TPSA) is 15.3 Å². The standard InChI is InChI=1S/C17H34N2/c1-14(2)16-9-4-5-10-17(16)18-12-11-15-8-6-7-13-19(15)3/h14-18H,4-13H2,1-3H3. The first-order valence-electron chi connectivity index (χ1n) is 8.62. The second kappa shape index (κ2) is 7.64. The van der Waals surface area contributed by atoms with Crippen LogP contribution < -0.4 is 5.32 Å². The molecule has 1 heterocycles. The van der Waals surface area contributed by atoms with Crippen LogP contribution in [0.1, 0.15) is 65.2 Å². The lowest BCUT2D eigenvalue weighted by Gasteiger charge is -2.37. The molecular formula is C17H34N2. The summed E-state index contributed by atoms with van der Waals surface area (Å²) in [6.07, 6.45) is 11.3. The molecule has 0 spiro atoms. The van der Waals surface area contributed by atoms with Crippen LogP contribution in [0.25, 0.3) is 0 Å². The number of likely N-dealkylation sites (tertiary alicyclic amines) is 1. The van der Waals surface area contributed by atoms with E-state index in [0.29, 0.717) is 0 Å². The van der Waals surface area contributed by atoms with Gasteiger partial charge in [0.1, 0.15) is 0 Å². The molecule has 0 bridgehead atoms. The third kappa shape index (κ3) is 4.46. The molecule has 1 N–H and O–H groups in total. The summed E-state index contributed by atoms with van der Waals surface area (Å²) < 4.78 is 0. The Hall–Kier alpha value is -0.0800. The van der Waals surface area contributed by atoms with E-state index in [1.165, 1.54) is 64.5 Å². The van der Waals surface area contributed by atoms with Gasteiger partial charge in [-0.1, -0.05) is 33.1 Å². The van der Waals surface area contributed by atoms with Gasteiger partial charge in [0.25, 0.3) is 0 Å². The van der Waals surface area contributed by atoms with Gasteiger partial charge in [0, 0.05) is 12.1 Å². The number of nitrogens with one attached hydrogen (secondary N) is 1. The largest absolute Gasteiger partial charge is 0.314 e. The van der Waals surface area contributed by atoms with E-state index < -0.39 is 0 Å². The molecule has 1 aliphatic carbocycles. The van der Waals surface area contributed by atoms with Gasteiger partial charge in [-0.3, -0.25) is 0 Å². The Balaban J connectivity index is 1.71. The Bertz CT molecular complexity index is 252. The Morgan fingerprint density at radius 2 is 1.79 bits per heavy atom. The number of nitrogens with zero attached hydrogens (tertiary/aromatic N) is 1. The maximum atomic E-state index is 3.89. The zero-order chi connectivity index (χ0) is 13.7. The molecule has 2 heteroatoms. The maximum Gasteiger partial charge on any atom is 0.0104 e. The van der Waals surface area contributed by atoms with Gasteiger partial charge in [-0.05, 0) is 64.1 Å². The SMILES string of the molecule is CC(C)C1CCCCC1NCCC1CCCCN1C. The first-order valence-corrected chi connectivity index (χ1v) is 8.62. The highest BCUT2D eigenvalue weighted by Crippen LogP contribution is 2.30. The van der Waals surface area contributed by atoms with E-state index >= 15 is 0 Å². The molecule has 0 amide bonds. The van der Waals surface area contributed by atoms with Crippen LogP contribution in [0, 0.1) is 11.8 Å². The monoisotopic (exact) mass is 266 g/mol. The molecule has 0 radical (unpaired) electrons. The van der Waals surface area contributed by atoms with Crippen LogP contribution in [0.4, 0.5) is 0 Å². The van der Waals surface area contributed by atoms with Crippen molar-refractivity contribution in [2.75, 3.05) is 20.1 Å². The first kappa shape index (κ1) is 15.3. The molecule has 1 saturated carbocycles. The lowest BCUT2D eigenvalue weighted by atomic mass is 9.78. The molecule has 2 nitrogen and oxygen atoms in total. The lowest BCUT2D eigenvalue weighted by molar-refractivity contribution is 0.164. The van der Waals surface area contributed by atoms with Crippen molar-refractivity contribution in [3.05, 3.63) is 0 Å². The molecule has 2 rings (SSSR count). The van der Waals surface area contributed by atoms with Crippen molar-refractivity contribution < 1.29 is 0 Å². The fraction of sp³-hybridized carbons (Fsp3) is 1.00. The molecule has 1 saturated heterocycles. The van der Waals surface area contributed by atoms with Crippen molar-refractivity contribution >= 4 is 0 Å². The second-order valence-electron chi connectivity index (χ2n) is 7.17. The van der Waals surface area contributed by atoms with Gasteiger partial charge in [-0.25, -0.2) is 0 Å². The van der Waals surface area contributed by atoms with Crippen molar-refractivity contribution in [3.8, 4) is 0 Å². The van der Waals surface area contributed by atoms with Gasteiger partial charge in [-0.15, -0.1) is 0 Å². The van der Waals surface area contributed by atoms with Crippen molar-refractivity contribution in [2.45, 2.75) is 77.3 Å². The Morgan fingerprint density at radius 1 is 1.05 bits per heavy atom. The molecule has 2 aliphatic rings. The van der Waals surface area contributed by atoms with Crippen LogP contribution in [0.5, 0.6) is 0 Å². The van der Waals surface area contributed by atoms with E-state index in [-0.39, 0.29) is 0 Å². The predicted molar refractivity (Wildman–Crippen MR) is 83.5 cm³/mol. The van der Waals surface area contributed by atoms with E-state index in [9.17, 15) is 0 Å². The Morgan fingerprint density at radius 3 is 2.53 bits per heavy atom. The van der Waals surface area contributed by atoms with Crippen molar-refractivity contribution in [1.29, 1.82) is 0 Å². The van der Waals surface area contributed by atoms with E-state index in [2.05, 4.69) is 31.1 Å². The number of hydrogen-bond acceptors (Lipinski definition) is 2. The Kier molecular flexibility index (Phi) is 6.15. The molecule has 3 unspecified atom stereocenters. The fourth-order valence-corrected chi connectivity index (χ4v) is 4.16. The summed E-state index contributed by atoms with van der Waals surface area (Å²) in [7, 11) is 2.31. The summed E-state index contributed by atoms with van der Waals surface area (Å²) in [5.74, 6) is 1.76. The van der Waals surface area contributed by atoms with E-state index in [0.717, 1.165) is 23.9 Å². The average Bonchev–Trinajstić information content (AvgIpc) is 2.41. The molecule has 2 fully saturated rings. The van der Waals surface area contributed by atoms with Gasteiger partial charge >= 0.3 is 0 Å². The summed E-state index contributed by atoms with van der Waals surface area (Å²) in [6.45, 7) is 7.34. The van der Waals surface area contributed by atoms with Crippen LogP contribution in [0.2, 0.25) is 0 Å². The quantitative estimate of drug-likeness (QED) is 0.817. The predicted octanol–water partition coefficient (Wildman–Crippen LogP) is 3.67. The molecular weight excluding hydrogens is 232 g/mol. The van der Waals surface area contributed by atoms with Crippen LogP contribution in [-0.4, -0.2) is 37.1 Å². The highest BCUT2D eigenvalue weighted by molar-refractivity contribution is 4.84. The van der Waals surface area contributed by atoms with E-state index in [1.54, 1.807) is 0 Å². The summed E-state index contributed by atoms with van der Waals surface area (Å²) >= 11 is 0. The van der Waals surface area contributed by atoms with Gasteiger partial charge in [0.2, 0.25) is 0 Å². The minimum Gasteiger partial charge on any atom is -0.314 e. The summed E-state index contributed by atoms with van der Waals surface area (Å²) in [6, 6.07) is 1.63. The molecule has 0 aromatic carbocycles. The normalized spacial score (nSPS) is 33.8. The zero-order valence-electron chi connectivity index (χ0n) is 13.3. The number of piperidine rings is 1. The van der Waals surface area contributed by atoms with Gasteiger partial charge in [0.05, 0.1) is 0 Å². The van der Waals surface area contributed by atoms with Gasteiger partial charge in [0.15, 0.2) is 0 Å². The highest BCUT2D eigenvalue weighted by Gasteiger charge is 2.27. The molecule has 3 atom stereocenters. The van der Waals surface area contributed by atoms with Crippen molar-refractivity contribution in [2.24, 2.45) is 11.8 Å². The van der Waals surface area contributed by atoms with Crippen LogP contribution in [-0.2, 0) is 0 Å².